The third-order valence-electron chi connectivity index (χ3n) is 4.25. The zero-order valence-corrected chi connectivity index (χ0v) is 11.7. The highest BCUT2D eigenvalue weighted by Gasteiger charge is 2.17. The number of rotatable bonds is 0. The molecule has 1 N–H and O–H groups in total. The minimum Gasteiger partial charge on any atom is -0.506 e. The Bertz CT molecular complexity index is 1070. The summed E-state index contributed by atoms with van der Waals surface area (Å²) in [7, 11) is 0. The first-order valence-electron chi connectivity index (χ1n) is 7.28. The number of hydrogen-bond donors (Lipinski definition) is 1. The molecule has 1 aromatic heterocycles. The normalized spacial score (nSPS) is 13.6. The van der Waals surface area contributed by atoms with Gasteiger partial charge in [-0.3, -0.25) is 0 Å². The van der Waals surface area contributed by atoms with Crippen LogP contribution in [-0.4, -0.2) is 21.7 Å². The second-order valence-corrected chi connectivity index (χ2v) is 5.55. The van der Waals surface area contributed by atoms with Crippen LogP contribution in [0.5, 0.6) is 11.5 Å². The maximum absolute atomic E-state index is 10.0. The Labute approximate surface area is 126 Å². The van der Waals surface area contributed by atoms with Gasteiger partial charge >= 0.3 is 0 Å². The first-order valence-corrected chi connectivity index (χ1v) is 7.28. The van der Waals surface area contributed by atoms with E-state index in [1.165, 1.54) is 5.56 Å². The number of nitrogens with zero attached hydrogens (tertiary/aromatic N) is 2. The molecule has 0 spiro atoms. The summed E-state index contributed by atoms with van der Waals surface area (Å²) >= 11 is 0. The summed E-state index contributed by atoms with van der Waals surface area (Å²) in [6.07, 6.45) is 0.905. The number of aromatic nitrogens is 2. The van der Waals surface area contributed by atoms with Crippen LogP contribution in [0.4, 0.5) is 0 Å². The molecule has 22 heavy (non-hydrogen) atoms. The molecule has 0 amide bonds. The number of para-hydroxylation sites is 1. The van der Waals surface area contributed by atoms with Crippen molar-refractivity contribution in [2.24, 2.45) is 0 Å². The Kier molecular flexibility index (Phi) is 2.17. The van der Waals surface area contributed by atoms with E-state index < -0.39 is 0 Å². The summed E-state index contributed by atoms with van der Waals surface area (Å²) in [4.78, 5) is 9.33. The summed E-state index contributed by atoms with van der Waals surface area (Å²) in [6, 6.07) is 13.4. The molecule has 106 valence electrons. The summed E-state index contributed by atoms with van der Waals surface area (Å²) in [5.74, 6) is 1.03. The first kappa shape index (κ1) is 11.7. The van der Waals surface area contributed by atoms with E-state index >= 15 is 0 Å². The van der Waals surface area contributed by atoms with Gasteiger partial charge in [0.05, 0.1) is 23.2 Å². The Balaban J connectivity index is 2.04. The number of fused-ring (bicyclic) bond motifs is 3. The maximum atomic E-state index is 10.0. The first-order chi connectivity index (χ1) is 10.8. The minimum absolute atomic E-state index is 0.156. The number of ether oxygens (including phenoxy) is 1. The average Bonchev–Trinajstić information content (AvgIpc) is 2.54. The van der Waals surface area contributed by atoms with Gasteiger partial charge in [-0.1, -0.05) is 24.3 Å². The highest BCUT2D eigenvalue weighted by atomic mass is 16.5. The van der Waals surface area contributed by atoms with Crippen molar-refractivity contribution in [1.82, 2.24) is 9.97 Å². The van der Waals surface area contributed by atoms with Crippen molar-refractivity contribution < 1.29 is 9.84 Å². The van der Waals surface area contributed by atoms with Gasteiger partial charge in [0.1, 0.15) is 17.0 Å². The third-order valence-corrected chi connectivity index (χ3v) is 4.25. The van der Waals surface area contributed by atoms with Crippen LogP contribution in [0.25, 0.3) is 32.8 Å². The van der Waals surface area contributed by atoms with Gasteiger partial charge in [-0.2, -0.15) is 0 Å². The molecule has 0 aliphatic carbocycles. The van der Waals surface area contributed by atoms with Gasteiger partial charge in [-0.15, -0.1) is 0 Å². The van der Waals surface area contributed by atoms with Crippen molar-refractivity contribution in [3.8, 4) is 11.5 Å². The van der Waals surface area contributed by atoms with Crippen molar-refractivity contribution in [3.05, 3.63) is 48.0 Å². The lowest BCUT2D eigenvalue weighted by molar-refractivity contribution is 0.318. The van der Waals surface area contributed by atoms with E-state index in [0.717, 1.165) is 34.0 Å². The SMILES string of the molecule is Oc1cccc2nc3cc4c5c(cccc5c3nc12)CCO4. The van der Waals surface area contributed by atoms with E-state index in [-0.39, 0.29) is 5.75 Å². The number of benzene rings is 3. The Morgan fingerprint density at radius 3 is 2.82 bits per heavy atom. The van der Waals surface area contributed by atoms with Crippen molar-refractivity contribution in [2.75, 3.05) is 6.61 Å². The molecule has 0 unspecified atom stereocenters. The fourth-order valence-electron chi connectivity index (χ4n) is 3.25. The van der Waals surface area contributed by atoms with E-state index in [1.54, 1.807) is 12.1 Å². The second kappa shape index (κ2) is 4.07. The van der Waals surface area contributed by atoms with Gasteiger partial charge in [0, 0.05) is 23.3 Å². The van der Waals surface area contributed by atoms with Crippen molar-refractivity contribution in [3.63, 3.8) is 0 Å². The topological polar surface area (TPSA) is 55.2 Å². The van der Waals surface area contributed by atoms with Gasteiger partial charge in [-0.25, -0.2) is 9.97 Å². The third kappa shape index (κ3) is 1.46. The summed E-state index contributed by atoms with van der Waals surface area (Å²) in [5, 5.41) is 12.2. The van der Waals surface area contributed by atoms with Gasteiger partial charge in [0.2, 0.25) is 0 Å². The van der Waals surface area contributed by atoms with Crippen LogP contribution < -0.4 is 4.74 Å². The molecule has 0 saturated heterocycles. The molecular formula is C18H12N2O2. The molecule has 1 aliphatic rings. The van der Waals surface area contributed by atoms with Crippen LogP contribution in [-0.2, 0) is 6.42 Å². The summed E-state index contributed by atoms with van der Waals surface area (Å²) in [6.45, 7) is 0.694. The van der Waals surface area contributed by atoms with Crippen LogP contribution in [0, 0.1) is 0 Å². The number of aromatic hydroxyl groups is 1. The van der Waals surface area contributed by atoms with Crippen molar-refractivity contribution in [1.29, 1.82) is 0 Å². The van der Waals surface area contributed by atoms with Crippen LogP contribution in [0.3, 0.4) is 0 Å². The highest BCUT2D eigenvalue weighted by molar-refractivity contribution is 6.10. The fraction of sp³-hybridized carbons (Fsp3) is 0.111. The molecular weight excluding hydrogens is 276 g/mol. The van der Waals surface area contributed by atoms with Crippen LogP contribution in [0.15, 0.2) is 42.5 Å². The Hall–Kier alpha value is -2.88. The molecule has 0 saturated carbocycles. The average molecular weight is 288 g/mol. The monoisotopic (exact) mass is 288 g/mol. The van der Waals surface area contributed by atoms with Gasteiger partial charge in [0.15, 0.2) is 0 Å². The molecule has 3 aromatic carbocycles. The number of phenolic OH excluding ortho intramolecular Hbond substituents is 1. The smallest absolute Gasteiger partial charge is 0.143 e. The maximum Gasteiger partial charge on any atom is 0.143 e. The molecule has 2 heterocycles. The van der Waals surface area contributed by atoms with Crippen LogP contribution in [0.1, 0.15) is 5.56 Å². The molecule has 0 atom stereocenters. The van der Waals surface area contributed by atoms with E-state index in [1.807, 2.05) is 24.3 Å². The quantitative estimate of drug-likeness (QED) is 0.397. The zero-order chi connectivity index (χ0) is 14.7. The Morgan fingerprint density at radius 1 is 0.955 bits per heavy atom. The molecule has 4 nitrogen and oxygen atoms in total. The molecule has 4 aromatic rings. The van der Waals surface area contributed by atoms with Crippen LogP contribution in [0.2, 0.25) is 0 Å². The van der Waals surface area contributed by atoms with Gasteiger partial charge < -0.3 is 9.84 Å². The lowest BCUT2D eigenvalue weighted by atomic mass is 9.98. The second-order valence-electron chi connectivity index (χ2n) is 5.55. The Morgan fingerprint density at radius 2 is 1.86 bits per heavy atom. The summed E-state index contributed by atoms with van der Waals surface area (Å²) in [5.41, 5.74) is 4.10. The van der Waals surface area contributed by atoms with Crippen molar-refractivity contribution in [2.45, 2.75) is 6.42 Å². The highest BCUT2D eigenvalue weighted by Crippen LogP contribution is 2.38. The lowest BCUT2D eigenvalue weighted by Crippen LogP contribution is -2.08. The van der Waals surface area contributed by atoms with Crippen LogP contribution >= 0.6 is 0 Å². The molecule has 1 aliphatic heterocycles. The summed E-state index contributed by atoms with van der Waals surface area (Å²) < 4.78 is 5.82. The lowest BCUT2D eigenvalue weighted by Gasteiger charge is -2.19. The molecule has 0 fully saturated rings. The number of phenols is 1. The van der Waals surface area contributed by atoms with Crippen molar-refractivity contribution >= 4 is 32.8 Å². The predicted octanol–water partition coefficient (Wildman–Crippen LogP) is 3.58. The fourth-order valence-corrected chi connectivity index (χ4v) is 3.25. The van der Waals surface area contributed by atoms with E-state index in [9.17, 15) is 5.11 Å². The molecule has 4 heteroatoms. The van der Waals surface area contributed by atoms with Gasteiger partial charge in [-0.05, 0) is 17.7 Å². The predicted molar refractivity (Wildman–Crippen MR) is 85.4 cm³/mol. The van der Waals surface area contributed by atoms with E-state index in [2.05, 4.69) is 16.0 Å². The number of hydrogen-bond acceptors (Lipinski definition) is 4. The minimum atomic E-state index is 0.156. The molecule has 0 bridgehead atoms. The molecule has 0 radical (unpaired) electrons. The van der Waals surface area contributed by atoms with E-state index in [4.69, 9.17) is 4.74 Å². The zero-order valence-electron chi connectivity index (χ0n) is 11.7. The van der Waals surface area contributed by atoms with E-state index in [0.29, 0.717) is 17.6 Å². The van der Waals surface area contributed by atoms with Gasteiger partial charge in [0.25, 0.3) is 0 Å². The largest absolute Gasteiger partial charge is 0.506 e. The molecule has 5 rings (SSSR count). The standard InChI is InChI=1S/C18H12N2O2/c21-14-6-2-5-12-18(14)20-17-11-4-1-3-10-7-8-22-15(16(10)11)9-13(17)19-12/h1-6,9,21H,7-8H2.